The quantitative estimate of drug-likeness (QED) is 0.175. The summed E-state index contributed by atoms with van der Waals surface area (Å²) in [6.45, 7) is 5.14. The minimum atomic E-state index is -4.41. The van der Waals surface area contributed by atoms with Gasteiger partial charge >= 0.3 is 19.6 Å². The number of ether oxygens (including phenoxy) is 1. The van der Waals surface area contributed by atoms with Crippen molar-refractivity contribution in [3.05, 3.63) is 87.1 Å². The molecule has 0 bridgehead atoms. The van der Waals surface area contributed by atoms with Crippen LogP contribution in [0.25, 0.3) is 11.4 Å². The van der Waals surface area contributed by atoms with E-state index >= 15 is 0 Å². The molecular formula is C26H24Br2N3O7P. The van der Waals surface area contributed by atoms with Crippen LogP contribution < -0.4 is 14.6 Å². The number of phosphoric ester groups is 1. The van der Waals surface area contributed by atoms with Crippen LogP contribution in [-0.4, -0.2) is 26.5 Å². The van der Waals surface area contributed by atoms with Crippen LogP contribution in [0.5, 0.6) is 17.2 Å². The standard InChI is InChI=1S/C26H24Br2N3O7P/c1-26(2,3)38-39(33,34)37-22-20(27)13-17(14-21(22)28)23-30-25(36-31-23)24(32)29-15-16-9-11-19(12-10-16)35-18-7-5-4-6-8-18/h4-14H,15H2,1-3H3,(H,29,32)(H,33,34). The number of benzene rings is 3. The molecule has 0 aliphatic heterocycles. The molecule has 4 rings (SSSR count). The highest BCUT2D eigenvalue weighted by Gasteiger charge is 2.32. The van der Waals surface area contributed by atoms with E-state index in [1.807, 2.05) is 54.6 Å². The molecule has 0 saturated carbocycles. The lowest BCUT2D eigenvalue weighted by atomic mass is 10.2. The monoisotopic (exact) mass is 679 g/mol. The Morgan fingerprint density at radius 3 is 2.26 bits per heavy atom. The molecule has 1 atom stereocenters. The van der Waals surface area contributed by atoms with E-state index in [1.54, 1.807) is 32.9 Å². The summed E-state index contributed by atoms with van der Waals surface area (Å²) < 4.78 is 34.3. The van der Waals surface area contributed by atoms with Crippen molar-refractivity contribution in [1.82, 2.24) is 15.5 Å². The third kappa shape index (κ3) is 8.23. The van der Waals surface area contributed by atoms with Gasteiger partial charge in [-0.3, -0.25) is 14.2 Å². The van der Waals surface area contributed by atoms with Gasteiger partial charge in [0.25, 0.3) is 0 Å². The molecule has 2 N–H and O–H groups in total. The molecule has 0 spiro atoms. The first-order valence-corrected chi connectivity index (χ1v) is 14.6. The van der Waals surface area contributed by atoms with Gasteiger partial charge in [0, 0.05) is 12.1 Å². The average molecular weight is 681 g/mol. The molecule has 1 unspecified atom stereocenters. The van der Waals surface area contributed by atoms with Crippen molar-refractivity contribution in [1.29, 1.82) is 0 Å². The summed E-state index contributed by atoms with van der Waals surface area (Å²) in [5, 5.41) is 6.61. The number of nitrogens with zero attached hydrogens (tertiary/aromatic N) is 2. The SMILES string of the molecule is CC(C)(C)OP(=O)(O)Oc1c(Br)cc(-c2noc(C(=O)NCc3ccc(Oc4ccccc4)cc3)n2)cc1Br. The highest BCUT2D eigenvalue weighted by molar-refractivity contribution is 9.11. The maximum absolute atomic E-state index is 12.6. The lowest BCUT2D eigenvalue weighted by Crippen LogP contribution is -2.23. The fraction of sp³-hybridized carbons (Fsp3) is 0.192. The number of nitrogens with one attached hydrogen (secondary N) is 1. The highest BCUT2D eigenvalue weighted by Crippen LogP contribution is 2.51. The van der Waals surface area contributed by atoms with Gasteiger partial charge in [0.15, 0.2) is 5.75 Å². The number of carbonyl (C=O) groups is 1. The third-order valence-electron chi connectivity index (χ3n) is 4.83. The van der Waals surface area contributed by atoms with Crippen LogP contribution in [-0.2, 0) is 15.6 Å². The van der Waals surface area contributed by atoms with E-state index < -0.39 is 19.3 Å². The number of phosphoric acid groups is 1. The van der Waals surface area contributed by atoms with E-state index in [0.29, 0.717) is 20.3 Å². The summed E-state index contributed by atoms with van der Waals surface area (Å²) in [7, 11) is -4.41. The normalized spacial score (nSPS) is 13.0. The van der Waals surface area contributed by atoms with Crippen LogP contribution >= 0.6 is 39.7 Å². The molecule has 0 radical (unpaired) electrons. The number of hydrogen-bond donors (Lipinski definition) is 2. The van der Waals surface area contributed by atoms with Gasteiger partial charge in [0.1, 0.15) is 11.5 Å². The zero-order valence-corrected chi connectivity index (χ0v) is 25.1. The molecule has 1 aromatic heterocycles. The van der Waals surface area contributed by atoms with Crippen LogP contribution in [0.3, 0.4) is 0 Å². The lowest BCUT2D eigenvalue weighted by molar-refractivity contribution is 0.0842. The van der Waals surface area contributed by atoms with Crippen molar-refractivity contribution in [3.8, 4) is 28.6 Å². The van der Waals surface area contributed by atoms with Crippen molar-refractivity contribution < 1.29 is 32.6 Å². The molecular weight excluding hydrogens is 657 g/mol. The Labute approximate surface area is 241 Å². The fourth-order valence-electron chi connectivity index (χ4n) is 3.25. The third-order valence-corrected chi connectivity index (χ3v) is 7.20. The van der Waals surface area contributed by atoms with E-state index in [2.05, 4.69) is 47.3 Å². The smallest absolute Gasteiger partial charge is 0.457 e. The number of para-hydroxylation sites is 1. The van der Waals surface area contributed by atoms with Crippen LogP contribution in [0.2, 0.25) is 0 Å². The van der Waals surface area contributed by atoms with Gasteiger partial charge in [-0.2, -0.15) is 4.98 Å². The second kappa shape index (κ2) is 12.0. The molecule has 0 saturated heterocycles. The first-order valence-electron chi connectivity index (χ1n) is 11.5. The lowest BCUT2D eigenvalue weighted by Gasteiger charge is -2.23. The molecule has 10 nitrogen and oxygen atoms in total. The predicted octanol–water partition coefficient (Wildman–Crippen LogP) is 7.28. The topological polar surface area (TPSA) is 133 Å². The Hall–Kier alpha value is -3.02. The summed E-state index contributed by atoms with van der Waals surface area (Å²) in [5.41, 5.74) is 0.413. The first kappa shape index (κ1) is 29.0. The van der Waals surface area contributed by atoms with Crippen LogP contribution in [0.1, 0.15) is 37.0 Å². The van der Waals surface area contributed by atoms with Crippen molar-refractivity contribution in [2.75, 3.05) is 0 Å². The molecule has 0 aliphatic carbocycles. The van der Waals surface area contributed by atoms with Gasteiger partial charge < -0.3 is 19.1 Å². The number of rotatable bonds is 9. The maximum Gasteiger partial charge on any atom is 0.528 e. The molecule has 1 amide bonds. The zero-order chi connectivity index (χ0) is 28.2. The summed E-state index contributed by atoms with van der Waals surface area (Å²) >= 11 is 6.64. The Kier molecular flexibility index (Phi) is 8.93. The zero-order valence-electron chi connectivity index (χ0n) is 21.1. The van der Waals surface area contributed by atoms with Crippen LogP contribution in [0, 0.1) is 0 Å². The number of hydrogen-bond acceptors (Lipinski definition) is 8. The summed E-state index contributed by atoms with van der Waals surface area (Å²) in [5.74, 6) is 0.825. The van der Waals surface area contributed by atoms with Crippen LogP contribution in [0.15, 0.2) is 80.2 Å². The molecule has 13 heteroatoms. The van der Waals surface area contributed by atoms with Gasteiger partial charge in [-0.1, -0.05) is 35.5 Å². The van der Waals surface area contributed by atoms with E-state index in [9.17, 15) is 14.3 Å². The van der Waals surface area contributed by atoms with Gasteiger partial charge in [0.05, 0.1) is 14.5 Å². The molecule has 3 aromatic carbocycles. The van der Waals surface area contributed by atoms with E-state index in [-0.39, 0.29) is 24.0 Å². The second-order valence-electron chi connectivity index (χ2n) is 9.20. The van der Waals surface area contributed by atoms with E-state index in [0.717, 1.165) is 11.3 Å². The van der Waals surface area contributed by atoms with Gasteiger partial charge in [-0.05, 0) is 94.6 Å². The largest absolute Gasteiger partial charge is 0.528 e. The van der Waals surface area contributed by atoms with E-state index in [4.69, 9.17) is 18.3 Å². The number of aromatic nitrogens is 2. The molecule has 4 aromatic rings. The first-order chi connectivity index (χ1) is 18.4. The van der Waals surface area contributed by atoms with Crippen molar-refractivity contribution in [3.63, 3.8) is 0 Å². The average Bonchev–Trinajstić information content (AvgIpc) is 3.35. The molecule has 0 fully saturated rings. The van der Waals surface area contributed by atoms with Crippen molar-refractivity contribution >= 4 is 45.6 Å². The van der Waals surface area contributed by atoms with Crippen LogP contribution in [0.4, 0.5) is 0 Å². The fourth-order valence-corrected chi connectivity index (χ4v) is 6.00. The van der Waals surface area contributed by atoms with Crippen molar-refractivity contribution in [2.45, 2.75) is 32.9 Å². The van der Waals surface area contributed by atoms with Gasteiger partial charge in [-0.15, -0.1) is 0 Å². The highest BCUT2D eigenvalue weighted by atomic mass is 79.9. The predicted molar refractivity (Wildman–Crippen MR) is 151 cm³/mol. The molecule has 1 heterocycles. The number of halogens is 2. The Morgan fingerprint density at radius 2 is 1.64 bits per heavy atom. The number of carbonyl (C=O) groups excluding carboxylic acids is 1. The Bertz CT molecular complexity index is 1480. The van der Waals surface area contributed by atoms with Crippen molar-refractivity contribution in [2.24, 2.45) is 0 Å². The molecule has 0 aliphatic rings. The number of amides is 1. The summed E-state index contributed by atoms with van der Waals surface area (Å²) in [6.07, 6.45) is 0. The second-order valence-corrected chi connectivity index (χ2v) is 12.2. The molecule has 204 valence electrons. The minimum absolute atomic E-state index is 0.0514. The van der Waals surface area contributed by atoms with Gasteiger partial charge in [0.2, 0.25) is 5.82 Å². The summed E-state index contributed by atoms with van der Waals surface area (Å²) in [4.78, 5) is 26.8. The van der Waals surface area contributed by atoms with E-state index in [1.165, 1.54) is 0 Å². The Morgan fingerprint density at radius 1 is 1.03 bits per heavy atom. The van der Waals surface area contributed by atoms with Gasteiger partial charge in [-0.25, -0.2) is 4.57 Å². The molecule has 39 heavy (non-hydrogen) atoms. The Balaban J connectivity index is 1.38. The maximum atomic E-state index is 12.6. The summed E-state index contributed by atoms with van der Waals surface area (Å²) in [6, 6.07) is 19.8. The minimum Gasteiger partial charge on any atom is -0.457 e.